The van der Waals surface area contributed by atoms with Gasteiger partial charge in [-0.1, -0.05) is 32.0 Å². The minimum Gasteiger partial charge on any atom is -0.459 e. The molecule has 0 aliphatic heterocycles. The van der Waals surface area contributed by atoms with Gasteiger partial charge in [0.2, 0.25) is 0 Å². The zero-order valence-corrected chi connectivity index (χ0v) is 32.6. The van der Waals surface area contributed by atoms with E-state index in [9.17, 15) is 48.6 Å². The first kappa shape index (κ1) is 42.2. The van der Waals surface area contributed by atoms with E-state index in [1.165, 1.54) is 32.9 Å². The quantitative estimate of drug-likeness (QED) is 0.266. The maximum absolute atomic E-state index is 14.9. The molecule has 0 heterocycles. The lowest BCUT2D eigenvalue weighted by atomic mass is 9.51. The largest absolute Gasteiger partial charge is 0.459 e. The molecule has 1 aromatic carbocycles. The molecule has 17 nitrogen and oxygen atoms in total. The van der Waals surface area contributed by atoms with Gasteiger partial charge in [0.15, 0.2) is 24.4 Å². The molecule has 2 N–H and O–H groups in total. The smallest absolute Gasteiger partial charge is 0.344 e. The maximum atomic E-state index is 14.9. The molecule has 306 valence electrons. The lowest BCUT2D eigenvalue weighted by Gasteiger charge is -2.60. The maximum Gasteiger partial charge on any atom is 0.344 e. The topological polar surface area (TPSA) is 242 Å². The van der Waals surface area contributed by atoms with Crippen LogP contribution in [0.25, 0.3) is 0 Å². The van der Waals surface area contributed by atoms with Crippen LogP contribution in [0.4, 0.5) is 0 Å². The molecule has 0 saturated heterocycles. The lowest BCUT2D eigenvalue weighted by Crippen LogP contribution is -2.76. The van der Waals surface area contributed by atoms with Crippen molar-refractivity contribution in [1.82, 2.24) is 0 Å². The first-order valence-electron chi connectivity index (χ1n) is 18.2. The van der Waals surface area contributed by atoms with Gasteiger partial charge in [0.25, 0.3) is 0 Å². The molecule has 12 atom stereocenters. The van der Waals surface area contributed by atoms with E-state index in [0.29, 0.717) is 0 Å². The van der Waals surface area contributed by atoms with E-state index in [-0.39, 0.29) is 5.56 Å². The van der Waals surface area contributed by atoms with Crippen LogP contribution < -0.4 is 0 Å². The number of benzene rings is 1. The number of rotatable bonds is 9. The van der Waals surface area contributed by atoms with Gasteiger partial charge in [0.05, 0.1) is 28.2 Å². The van der Waals surface area contributed by atoms with Gasteiger partial charge in [-0.3, -0.25) is 28.8 Å². The van der Waals surface area contributed by atoms with Crippen molar-refractivity contribution in [3.8, 4) is 0 Å². The molecule has 17 heteroatoms. The van der Waals surface area contributed by atoms with Gasteiger partial charge in [0.1, 0.15) is 35.3 Å². The molecule has 1 unspecified atom stereocenters. The summed E-state index contributed by atoms with van der Waals surface area (Å²) in [5.41, 5.74) is -11.7. The average molecular weight is 789 g/mol. The summed E-state index contributed by atoms with van der Waals surface area (Å²) in [4.78, 5) is 107. The Morgan fingerprint density at radius 2 is 1.27 bits per heavy atom. The molecule has 56 heavy (non-hydrogen) atoms. The predicted molar refractivity (Wildman–Crippen MR) is 185 cm³/mol. The van der Waals surface area contributed by atoms with Crippen LogP contribution in [0.15, 0.2) is 30.3 Å². The van der Waals surface area contributed by atoms with Crippen LogP contribution in [0.2, 0.25) is 0 Å². The lowest BCUT2D eigenvalue weighted by molar-refractivity contribution is -0.301. The number of hydrogen-bond acceptors (Lipinski definition) is 17. The van der Waals surface area contributed by atoms with E-state index in [1.807, 2.05) is 0 Å². The number of esters is 7. The number of ketones is 1. The number of Topliss-reactive ketones (excluding diaryl/α,β-unsaturated/α-hetero) is 1. The van der Waals surface area contributed by atoms with E-state index in [4.69, 9.17) is 33.2 Å². The molecule has 5 rings (SSSR count). The zero-order valence-electron chi connectivity index (χ0n) is 32.6. The average Bonchev–Trinajstić information content (AvgIpc) is 3.40. The molecule has 0 aromatic heterocycles. The van der Waals surface area contributed by atoms with Crippen LogP contribution in [0.5, 0.6) is 0 Å². The zero-order chi connectivity index (χ0) is 41.9. The highest BCUT2D eigenvalue weighted by Gasteiger charge is 2.87. The predicted octanol–water partition coefficient (Wildman–Crippen LogP) is 1.55. The molecule has 4 aliphatic rings. The number of hydrogen-bond donors (Lipinski definition) is 2. The fourth-order valence-corrected chi connectivity index (χ4v) is 10.3. The van der Waals surface area contributed by atoms with Crippen LogP contribution in [0.3, 0.4) is 0 Å². The number of carbonyl (C=O) groups is 8. The van der Waals surface area contributed by atoms with E-state index >= 15 is 0 Å². The van der Waals surface area contributed by atoms with Crippen molar-refractivity contribution >= 4 is 47.6 Å². The summed E-state index contributed by atoms with van der Waals surface area (Å²) in [5, 5.41) is 26.5. The first-order chi connectivity index (χ1) is 25.9. The van der Waals surface area contributed by atoms with Crippen molar-refractivity contribution in [1.29, 1.82) is 0 Å². The normalized spacial score (nSPS) is 37.7. The van der Waals surface area contributed by atoms with E-state index in [0.717, 1.165) is 34.6 Å². The number of carbonyl (C=O) groups excluding carboxylic acids is 8. The molecule has 1 aromatic rings. The number of ether oxygens (including phenoxy) is 7. The van der Waals surface area contributed by atoms with Gasteiger partial charge in [0, 0.05) is 41.0 Å². The molecule has 4 saturated carbocycles. The minimum absolute atomic E-state index is 0.0859. The van der Waals surface area contributed by atoms with E-state index in [1.54, 1.807) is 25.1 Å². The minimum atomic E-state index is -2.66. The molecular weight excluding hydrogens is 740 g/mol. The Hall–Kier alpha value is -4.90. The third-order valence-corrected chi connectivity index (χ3v) is 11.8. The third kappa shape index (κ3) is 6.71. The van der Waals surface area contributed by atoms with Gasteiger partial charge in [-0.2, -0.15) is 0 Å². The Labute approximate surface area is 322 Å². The van der Waals surface area contributed by atoms with Crippen molar-refractivity contribution in [3.05, 3.63) is 35.9 Å². The van der Waals surface area contributed by atoms with Crippen molar-refractivity contribution in [2.24, 2.45) is 28.6 Å². The van der Waals surface area contributed by atoms with Crippen molar-refractivity contribution in [2.45, 2.75) is 122 Å². The molecule has 0 amide bonds. The van der Waals surface area contributed by atoms with Crippen LogP contribution in [0.1, 0.15) is 85.5 Å². The van der Waals surface area contributed by atoms with Crippen molar-refractivity contribution in [3.63, 3.8) is 0 Å². The highest BCUT2D eigenvalue weighted by atomic mass is 16.6. The highest BCUT2D eigenvalue weighted by molar-refractivity contribution is 5.93. The standard InChI is InChI=1S/C39H48O17/c1-18-15-37(48)26(27(18)55-31(47)24-13-11-10-12-14-24)30(54-25(45)16-50-19(2)40)39(56-23(6)44)17-38(49)28(29(46)35(7,8)32(38)51-20(3)41)36(9,33(37)52-21(4)42)34(39)53-22(5)43/h10-14,18,26-28,30,32-34,48-49H,15-17H2,1-9H3/t18-,26+,27-,28+,30+,32-,33+,34?,36+,37+,38-,39+/m0/s1. The Morgan fingerprint density at radius 3 is 1.80 bits per heavy atom. The van der Waals surface area contributed by atoms with Gasteiger partial charge < -0.3 is 43.4 Å². The SMILES string of the molecule is CC(=O)OCC(=O)O[C@@H]1[C@H]2[C@@H](OC(=O)c3ccccc3)[C@@H](C)C[C@]2(O)[C@H](OC(C)=O)[C@]2(C)C(OC(C)=O)[C@@]1(OC(C)=O)C[C@@]1(O)[C@@H](OC(C)=O)C(C)(C)C(=O)[C@@H]12. The first-order valence-corrected chi connectivity index (χ1v) is 18.2. The Balaban J connectivity index is 1.93. The summed E-state index contributed by atoms with van der Waals surface area (Å²) in [6.07, 6.45) is -10.6. The number of fused-ring (bicyclic) bond motifs is 5. The number of aliphatic hydroxyl groups is 2. The van der Waals surface area contributed by atoms with Gasteiger partial charge in [-0.05, 0) is 38.3 Å². The van der Waals surface area contributed by atoms with E-state index < -0.39 is 143 Å². The van der Waals surface area contributed by atoms with Crippen LogP contribution in [-0.4, -0.2) is 112 Å². The molecule has 0 spiro atoms. The van der Waals surface area contributed by atoms with Gasteiger partial charge in [-0.25, -0.2) is 9.59 Å². The van der Waals surface area contributed by atoms with Gasteiger partial charge >= 0.3 is 41.8 Å². The second-order valence-corrected chi connectivity index (χ2v) is 16.2. The summed E-state index contributed by atoms with van der Waals surface area (Å²) < 4.78 is 40.9. The van der Waals surface area contributed by atoms with Crippen LogP contribution >= 0.6 is 0 Å². The third-order valence-electron chi connectivity index (χ3n) is 11.8. The summed E-state index contributed by atoms with van der Waals surface area (Å²) >= 11 is 0. The fourth-order valence-electron chi connectivity index (χ4n) is 10.3. The molecule has 4 fully saturated rings. The van der Waals surface area contributed by atoms with Crippen molar-refractivity contribution < 1.29 is 81.7 Å². The van der Waals surface area contributed by atoms with Gasteiger partial charge in [-0.15, -0.1) is 0 Å². The second kappa shape index (κ2) is 14.6. The fraction of sp³-hybridized carbons (Fsp3) is 0.641. The summed E-state index contributed by atoms with van der Waals surface area (Å²) in [7, 11) is 0. The van der Waals surface area contributed by atoms with E-state index in [2.05, 4.69) is 0 Å². The highest BCUT2D eigenvalue weighted by Crippen LogP contribution is 2.70. The molecule has 2 bridgehead atoms. The van der Waals surface area contributed by atoms with Crippen LogP contribution in [0, 0.1) is 28.6 Å². The Kier molecular flexibility index (Phi) is 11.0. The summed E-state index contributed by atoms with van der Waals surface area (Å²) in [6.45, 7) is 9.67. The Morgan fingerprint density at radius 1 is 0.714 bits per heavy atom. The molecule has 4 aliphatic carbocycles. The molecule has 0 radical (unpaired) electrons. The molecular formula is C39H48O17. The Bertz CT molecular complexity index is 1820. The van der Waals surface area contributed by atoms with Crippen LogP contribution in [-0.2, 0) is 66.7 Å². The summed E-state index contributed by atoms with van der Waals surface area (Å²) in [5.74, 6) is -12.3. The van der Waals surface area contributed by atoms with Crippen molar-refractivity contribution in [2.75, 3.05) is 6.61 Å². The monoisotopic (exact) mass is 788 g/mol. The second-order valence-electron chi connectivity index (χ2n) is 16.2. The summed E-state index contributed by atoms with van der Waals surface area (Å²) in [6, 6.07) is 7.74.